The molecule has 0 N–H and O–H groups in total. The van der Waals surface area contributed by atoms with Crippen LogP contribution in [0, 0.1) is 0 Å². The summed E-state index contributed by atoms with van der Waals surface area (Å²) < 4.78 is 2.43. The molecule has 0 unspecified atom stereocenters. The minimum absolute atomic E-state index is 1.17. The maximum absolute atomic E-state index is 2.43. The maximum atomic E-state index is 2.43. The van der Waals surface area contributed by atoms with E-state index < -0.39 is 0 Å². The molecule has 9 rings (SSSR count). The molecule has 0 spiro atoms. The van der Waals surface area contributed by atoms with Crippen molar-refractivity contribution in [3.8, 4) is 27.9 Å². The van der Waals surface area contributed by atoms with Crippen molar-refractivity contribution in [1.29, 1.82) is 0 Å². The number of nitrogens with zero attached hydrogens (tertiary/aromatic N) is 1. The predicted octanol–water partition coefficient (Wildman–Crippen LogP) is 11.6. The minimum Gasteiger partial charge on any atom is -0.309 e. The highest BCUT2D eigenvalue weighted by Crippen LogP contribution is 2.45. The highest BCUT2D eigenvalue weighted by Gasteiger charge is 2.19. The first-order valence-corrected chi connectivity index (χ1v) is 14.9. The van der Waals surface area contributed by atoms with Crippen LogP contribution in [0.15, 0.2) is 164 Å². The van der Waals surface area contributed by atoms with Gasteiger partial charge in [-0.3, -0.25) is 0 Å². The summed E-state index contributed by atoms with van der Waals surface area (Å²) in [6, 6.07) is 59.7. The number of hydrogen-bond donors (Lipinski definition) is 0. The Labute approximate surface area is 249 Å². The molecule has 0 amide bonds. The largest absolute Gasteiger partial charge is 0.309 e. The normalized spacial score (nSPS) is 11.7. The van der Waals surface area contributed by atoms with E-state index in [4.69, 9.17) is 0 Å². The van der Waals surface area contributed by atoms with Crippen molar-refractivity contribution in [2.24, 2.45) is 0 Å². The Morgan fingerprint density at radius 1 is 0.326 bits per heavy atom. The summed E-state index contributed by atoms with van der Waals surface area (Å²) in [5.41, 5.74) is 8.66. The molecule has 0 aliphatic heterocycles. The summed E-state index contributed by atoms with van der Waals surface area (Å²) >= 11 is 0. The number of benzene rings is 8. The fourth-order valence-electron chi connectivity index (χ4n) is 7.15. The van der Waals surface area contributed by atoms with Crippen LogP contribution in [0.2, 0.25) is 0 Å². The van der Waals surface area contributed by atoms with Gasteiger partial charge in [-0.2, -0.15) is 0 Å². The number of rotatable bonds is 3. The summed E-state index contributed by atoms with van der Waals surface area (Å²) in [5.74, 6) is 0. The molecule has 0 radical (unpaired) electrons. The van der Waals surface area contributed by atoms with E-state index in [1.165, 1.54) is 82.1 Å². The van der Waals surface area contributed by atoms with Crippen LogP contribution in [0.1, 0.15) is 0 Å². The number of aromatic nitrogens is 1. The molecule has 1 aromatic heterocycles. The fourth-order valence-corrected chi connectivity index (χ4v) is 7.15. The summed E-state index contributed by atoms with van der Waals surface area (Å²) in [6.45, 7) is 0. The van der Waals surface area contributed by atoms with E-state index in [0.29, 0.717) is 0 Å². The van der Waals surface area contributed by atoms with E-state index >= 15 is 0 Å². The molecular formula is C42H27N. The van der Waals surface area contributed by atoms with Gasteiger partial charge in [0.2, 0.25) is 0 Å². The van der Waals surface area contributed by atoms with Gasteiger partial charge in [-0.15, -0.1) is 0 Å². The lowest BCUT2D eigenvalue weighted by Crippen LogP contribution is -1.94. The number of hydrogen-bond acceptors (Lipinski definition) is 0. The zero-order valence-electron chi connectivity index (χ0n) is 23.5. The summed E-state index contributed by atoms with van der Waals surface area (Å²) in [6.07, 6.45) is 0. The lowest BCUT2D eigenvalue weighted by Gasteiger charge is -2.18. The van der Waals surface area contributed by atoms with Crippen LogP contribution in [0.25, 0.3) is 82.1 Å². The highest BCUT2D eigenvalue weighted by molar-refractivity contribution is 6.24. The first-order valence-electron chi connectivity index (χ1n) is 14.9. The van der Waals surface area contributed by atoms with E-state index in [1.807, 2.05) is 0 Å². The summed E-state index contributed by atoms with van der Waals surface area (Å²) in [5, 5.41) is 10.2. The summed E-state index contributed by atoms with van der Waals surface area (Å²) in [4.78, 5) is 0. The van der Waals surface area contributed by atoms with Crippen molar-refractivity contribution >= 4 is 54.1 Å². The topological polar surface area (TPSA) is 4.93 Å². The molecule has 9 aromatic rings. The van der Waals surface area contributed by atoms with Crippen LogP contribution in [0.4, 0.5) is 0 Å². The second-order valence-corrected chi connectivity index (χ2v) is 11.3. The fraction of sp³-hybridized carbons (Fsp3) is 0. The van der Waals surface area contributed by atoms with Crippen LogP contribution < -0.4 is 0 Å². The van der Waals surface area contributed by atoms with Gasteiger partial charge in [0.15, 0.2) is 0 Å². The van der Waals surface area contributed by atoms with Gasteiger partial charge in [-0.05, 0) is 78.8 Å². The van der Waals surface area contributed by atoms with E-state index in [-0.39, 0.29) is 0 Å². The van der Waals surface area contributed by atoms with Crippen molar-refractivity contribution in [2.45, 2.75) is 0 Å². The molecule has 0 fully saturated rings. The van der Waals surface area contributed by atoms with Crippen molar-refractivity contribution in [3.63, 3.8) is 0 Å². The van der Waals surface area contributed by atoms with Gasteiger partial charge in [-0.1, -0.05) is 140 Å². The molecular weight excluding hydrogens is 518 g/mol. The molecule has 200 valence electrons. The van der Waals surface area contributed by atoms with Crippen LogP contribution in [-0.4, -0.2) is 4.57 Å². The van der Waals surface area contributed by atoms with E-state index in [1.54, 1.807) is 0 Å². The van der Waals surface area contributed by atoms with Crippen LogP contribution in [0.3, 0.4) is 0 Å². The van der Waals surface area contributed by atoms with Gasteiger partial charge in [0.25, 0.3) is 0 Å². The van der Waals surface area contributed by atoms with Crippen molar-refractivity contribution < 1.29 is 0 Å². The van der Waals surface area contributed by atoms with Crippen molar-refractivity contribution in [3.05, 3.63) is 164 Å². The molecule has 1 heteroatoms. The van der Waals surface area contributed by atoms with Gasteiger partial charge in [0.05, 0.1) is 11.0 Å². The van der Waals surface area contributed by atoms with Gasteiger partial charge in [-0.25, -0.2) is 0 Å². The minimum atomic E-state index is 1.17. The molecule has 1 nitrogen and oxygen atoms in total. The van der Waals surface area contributed by atoms with Crippen LogP contribution in [0.5, 0.6) is 0 Å². The SMILES string of the molecule is c1ccc(-c2c3ccccc3c(-c3ccc4c5c6ccccc6ccc5n(-c5ccccc5)c4c3)c3ccccc23)cc1. The van der Waals surface area contributed by atoms with E-state index in [0.717, 1.165) is 0 Å². The second kappa shape index (κ2) is 9.44. The first-order chi connectivity index (χ1) is 21.4. The van der Waals surface area contributed by atoms with Crippen LogP contribution >= 0.6 is 0 Å². The zero-order chi connectivity index (χ0) is 28.3. The molecule has 0 saturated carbocycles. The molecule has 0 saturated heterocycles. The zero-order valence-corrected chi connectivity index (χ0v) is 23.5. The molecule has 0 aliphatic rings. The van der Waals surface area contributed by atoms with Gasteiger partial charge in [0, 0.05) is 16.5 Å². The molecule has 0 aliphatic carbocycles. The Kier molecular flexibility index (Phi) is 5.27. The predicted molar refractivity (Wildman–Crippen MR) is 184 cm³/mol. The summed E-state index contributed by atoms with van der Waals surface area (Å²) in [7, 11) is 0. The molecule has 43 heavy (non-hydrogen) atoms. The van der Waals surface area contributed by atoms with Gasteiger partial charge < -0.3 is 4.57 Å². The van der Waals surface area contributed by atoms with E-state index in [2.05, 4.69) is 168 Å². The second-order valence-electron chi connectivity index (χ2n) is 11.3. The van der Waals surface area contributed by atoms with E-state index in [9.17, 15) is 0 Å². The average Bonchev–Trinajstić information content (AvgIpc) is 3.42. The maximum Gasteiger partial charge on any atom is 0.0547 e. The van der Waals surface area contributed by atoms with Gasteiger partial charge >= 0.3 is 0 Å². The molecule has 8 aromatic carbocycles. The third-order valence-corrected chi connectivity index (χ3v) is 8.95. The standard InChI is InChI=1S/C42H27N/c1-3-14-29(15-4-1)40-33-19-9-11-21-35(33)41(36-22-12-10-20-34(36)40)30-23-25-37-39(27-30)43(31-16-5-2-6-17-31)38-26-24-28-13-7-8-18-32(28)42(37)38/h1-27H. The first kappa shape index (κ1) is 24.0. The Balaban J connectivity index is 1.43. The van der Waals surface area contributed by atoms with Crippen LogP contribution in [-0.2, 0) is 0 Å². The average molecular weight is 546 g/mol. The molecule has 1 heterocycles. The van der Waals surface area contributed by atoms with Crippen molar-refractivity contribution in [1.82, 2.24) is 4.57 Å². The Bertz CT molecular complexity index is 2430. The molecule has 0 bridgehead atoms. The lowest BCUT2D eigenvalue weighted by atomic mass is 9.86. The monoisotopic (exact) mass is 545 g/mol. The van der Waals surface area contributed by atoms with Gasteiger partial charge in [0.1, 0.15) is 0 Å². The highest BCUT2D eigenvalue weighted by atomic mass is 15.0. The lowest BCUT2D eigenvalue weighted by molar-refractivity contribution is 1.18. The third kappa shape index (κ3) is 3.58. The Morgan fingerprint density at radius 2 is 0.860 bits per heavy atom. The molecule has 0 atom stereocenters. The third-order valence-electron chi connectivity index (χ3n) is 8.95. The quantitative estimate of drug-likeness (QED) is 0.195. The smallest absolute Gasteiger partial charge is 0.0547 e. The van der Waals surface area contributed by atoms with Crippen molar-refractivity contribution in [2.75, 3.05) is 0 Å². The number of para-hydroxylation sites is 1. The number of fused-ring (bicyclic) bond motifs is 7. The Morgan fingerprint density at radius 3 is 1.51 bits per heavy atom. The Hall–Kier alpha value is -5.66.